The smallest absolute Gasteiger partial charge is 0.189 e. The Bertz CT molecular complexity index is 223. The first-order chi connectivity index (χ1) is 8.01. The number of hydrogen-bond acceptors (Lipinski definition) is 7. The van der Waals surface area contributed by atoms with Crippen LogP contribution < -0.4 is 0 Å². The fourth-order valence-corrected chi connectivity index (χ4v) is 1.64. The van der Waals surface area contributed by atoms with Gasteiger partial charge in [-0.05, 0) is 13.8 Å². The summed E-state index contributed by atoms with van der Waals surface area (Å²) in [5, 5.41) is 37.6. The molecule has 0 aliphatic carbocycles. The quantitative estimate of drug-likeness (QED) is 0.427. The van der Waals surface area contributed by atoms with Crippen molar-refractivity contribution in [3.63, 3.8) is 0 Å². The van der Waals surface area contributed by atoms with Gasteiger partial charge in [-0.15, -0.1) is 0 Å². The van der Waals surface area contributed by atoms with Gasteiger partial charge in [0, 0.05) is 6.61 Å². The zero-order valence-electron chi connectivity index (χ0n) is 9.89. The lowest BCUT2D eigenvalue weighted by atomic mass is 9.99. The lowest BCUT2D eigenvalue weighted by Crippen LogP contribution is -2.59. The molecule has 1 aliphatic rings. The van der Waals surface area contributed by atoms with Crippen LogP contribution in [0.1, 0.15) is 13.8 Å². The Labute approximate surface area is 99.5 Å². The van der Waals surface area contributed by atoms with Gasteiger partial charge in [0.25, 0.3) is 0 Å². The van der Waals surface area contributed by atoms with Gasteiger partial charge >= 0.3 is 0 Å². The fourth-order valence-electron chi connectivity index (χ4n) is 1.64. The van der Waals surface area contributed by atoms with E-state index in [1.165, 1.54) is 0 Å². The molecule has 1 saturated heterocycles. The second-order valence-electron chi connectivity index (χ2n) is 3.86. The van der Waals surface area contributed by atoms with Crippen LogP contribution in [0, 0.1) is 0 Å². The van der Waals surface area contributed by atoms with Crippen molar-refractivity contribution in [1.82, 2.24) is 0 Å². The molecule has 7 nitrogen and oxygen atoms in total. The molecule has 0 amide bonds. The highest BCUT2D eigenvalue weighted by molar-refractivity contribution is 4.88. The fraction of sp³-hybridized carbons (Fsp3) is 1.00. The zero-order chi connectivity index (χ0) is 13.0. The molecule has 1 unspecified atom stereocenters. The molecule has 0 spiro atoms. The highest BCUT2D eigenvalue weighted by Gasteiger charge is 2.44. The van der Waals surface area contributed by atoms with Gasteiger partial charge in [-0.3, -0.25) is 0 Å². The molecule has 102 valence electrons. The van der Waals surface area contributed by atoms with Crippen LogP contribution in [0.4, 0.5) is 0 Å². The Morgan fingerprint density at radius 1 is 1.18 bits per heavy atom. The second-order valence-corrected chi connectivity index (χ2v) is 3.86. The third-order valence-electron chi connectivity index (χ3n) is 2.58. The molecule has 0 aromatic heterocycles. The van der Waals surface area contributed by atoms with Gasteiger partial charge in [0.15, 0.2) is 12.6 Å². The summed E-state index contributed by atoms with van der Waals surface area (Å²) in [4.78, 5) is 0. The summed E-state index contributed by atoms with van der Waals surface area (Å²) >= 11 is 0. The monoisotopic (exact) mass is 252 g/mol. The summed E-state index contributed by atoms with van der Waals surface area (Å²) in [6, 6.07) is 0. The van der Waals surface area contributed by atoms with Crippen LogP contribution in [-0.2, 0) is 14.2 Å². The molecule has 0 saturated carbocycles. The number of ether oxygens (including phenoxy) is 3. The van der Waals surface area contributed by atoms with Gasteiger partial charge in [0.1, 0.15) is 24.4 Å². The molecule has 1 heterocycles. The van der Waals surface area contributed by atoms with Crippen LogP contribution in [0.15, 0.2) is 0 Å². The predicted molar refractivity (Wildman–Crippen MR) is 55.9 cm³/mol. The average Bonchev–Trinajstić information content (AvgIpc) is 2.30. The number of hydrogen-bond donors (Lipinski definition) is 4. The van der Waals surface area contributed by atoms with Crippen LogP contribution in [0.3, 0.4) is 0 Å². The summed E-state index contributed by atoms with van der Waals surface area (Å²) in [6.07, 6.45) is -6.94. The average molecular weight is 252 g/mol. The molecule has 6 atom stereocenters. The molecule has 0 aromatic rings. The van der Waals surface area contributed by atoms with E-state index in [9.17, 15) is 15.3 Å². The van der Waals surface area contributed by atoms with Crippen molar-refractivity contribution in [3.05, 3.63) is 0 Å². The summed E-state index contributed by atoms with van der Waals surface area (Å²) in [5.41, 5.74) is 0. The zero-order valence-corrected chi connectivity index (χ0v) is 9.89. The van der Waals surface area contributed by atoms with E-state index in [1.807, 2.05) is 0 Å². The number of rotatable bonds is 5. The molecule has 1 aliphatic heterocycles. The minimum absolute atomic E-state index is 0.429. The molecule has 0 radical (unpaired) electrons. The van der Waals surface area contributed by atoms with Crippen molar-refractivity contribution in [1.29, 1.82) is 0 Å². The maximum absolute atomic E-state index is 9.64. The first-order valence-corrected chi connectivity index (χ1v) is 5.58. The maximum Gasteiger partial charge on any atom is 0.189 e. The SMILES string of the molecule is CCOC(C)O[C@@H]1O[C@H](CO)[C@@H](O)[C@H](O)[C@H]1O. The molecule has 4 N–H and O–H groups in total. The molecular formula is C10H20O7. The summed E-state index contributed by atoms with van der Waals surface area (Å²) in [7, 11) is 0. The van der Waals surface area contributed by atoms with Crippen LogP contribution in [0.25, 0.3) is 0 Å². The largest absolute Gasteiger partial charge is 0.394 e. The predicted octanol–water partition coefficient (Wildman–Crippen LogP) is -1.81. The topological polar surface area (TPSA) is 109 Å². The normalized spacial score (nSPS) is 40.2. The van der Waals surface area contributed by atoms with E-state index < -0.39 is 43.6 Å². The van der Waals surface area contributed by atoms with Crippen LogP contribution in [0.2, 0.25) is 0 Å². The molecule has 1 rings (SSSR count). The van der Waals surface area contributed by atoms with Crippen LogP contribution in [-0.4, -0.2) is 70.6 Å². The minimum Gasteiger partial charge on any atom is -0.394 e. The Kier molecular flexibility index (Phi) is 5.74. The molecule has 1 fully saturated rings. The number of aliphatic hydroxyl groups is 4. The first kappa shape index (κ1) is 14.8. The van der Waals surface area contributed by atoms with Gasteiger partial charge in [-0.25, -0.2) is 0 Å². The highest BCUT2D eigenvalue weighted by Crippen LogP contribution is 2.22. The molecular weight excluding hydrogens is 232 g/mol. The Hall–Kier alpha value is -0.280. The van der Waals surface area contributed by atoms with E-state index in [0.717, 1.165) is 0 Å². The van der Waals surface area contributed by atoms with Crippen molar-refractivity contribution in [2.45, 2.75) is 50.8 Å². The first-order valence-electron chi connectivity index (χ1n) is 5.58. The number of aliphatic hydroxyl groups excluding tert-OH is 4. The van der Waals surface area contributed by atoms with Crippen molar-refractivity contribution >= 4 is 0 Å². The third-order valence-corrected chi connectivity index (χ3v) is 2.58. The third kappa shape index (κ3) is 3.59. The van der Waals surface area contributed by atoms with E-state index >= 15 is 0 Å². The minimum atomic E-state index is -1.43. The molecule has 0 aromatic carbocycles. The van der Waals surface area contributed by atoms with Gasteiger partial charge in [-0.1, -0.05) is 0 Å². The van der Waals surface area contributed by atoms with Crippen molar-refractivity contribution in [3.8, 4) is 0 Å². The van der Waals surface area contributed by atoms with Crippen molar-refractivity contribution in [2.24, 2.45) is 0 Å². The Morgan fingerprint density at radius 2 is 1.82 bits per heavy atom. The van der Waals surface area contributed by atoms with Crippen LogP contribution >= 0.6 is 0 Å². The van der Waals surface area contributed by atoms with E-state index in [4.69, 9.17) is 19.3 Å². The molecule has 0 bridgehead atoms. The van der Waals surface area contributed by atoms with Crippen molar-refractivity contribution in [2.75, 3.05) is 13.2 Å². The standard InChI is InChI=1S/C10H20O7/c1-3-15-5(2)16-10-9(14)8(13)7(12)6(4-11)17-10/h5-14H,3-4H2,1-2H3/t5?,6-,7-,8+,9-,10-/m1/s1. The van der Waals surface area contributed by atoms with Gasteiger partial charge in [0.05, 0.1) is 6.61 Å². The second kappa shape index (κ2) is 6.60. The highest BCUT2D eigenvalue weighted by atomic mass is 16.8. The van der Waals surface area contributed by atoms with E-state index in [1.54, 1.807) is 13.8 Å². The summed E-state index contributed by atoms with van der Waals surface area (Å²) < 4.78 is 15.5. The van der Waals surface area contributed by atoms with Gasteiger partial charge in [0.2, 0.25) is 0 Å². The maximum atomic E-state index is 9.64. The lowest BCUT2D eigenvalue weighted by Gasteiger charge is -2.40. The Balaban J connectivity index is 2.59. The van der Waals surface area contributed by atoms with Crippen LogP contribution in [0.5, 0.6) is 0 Å². The lowest BCUT2D eigenvalue weighted by molar-refractivity contribution is -0.333. The Morgan fingerprint density at radius 3 is 2.35 bits per heavy atom. The summed E-state index contributed by atoms with van der Waals surface area (Å²) in [6.45, 7) is 3.35. The summed E-state index contributed by atoms with van der Waals surface area (Å²) in [5.74, 6) is 0. The molecule has 17 heavy (non-hydrogen) atoms. The van der Waals surface area contributed by atoms with Crippen molar-refractivity contribution < 1.29 is 34.6 Å². The van der Waals surface area contributed by atoms with E-state index in [0.29, 0.717) is 6.61 Å². The van der Waals surface area contributed by atoms with Gasteiger partial charge < -0.3 is 34.6 Å². The van der Waals surface area contributed by atoms with E-state index in [-0.39, 0.29) is 0 Å². The van der Waals surface area contributed by atoms with Gasteiger partial charge in [-0.2, -0.15) is 0 Å². The van der Waals surface area contributed by atoms with E-state index in [2.05, 4.69) is 0 Å². The molecule has 7 heteroatoms.